The van der Waals surface area contributed by atoms with Gasteiger partial charge in [-0.1, -0.05) is 18.2 Å². The Morgan fingerprint density at radius 3 is 2.63 bits per heavy atom. The molecule has 160 valence electrons. The van der Waals surface area contributed by atoms with Crippen molar-refractivity contribution in [2.75, 3.05) is 31.0 Å². The number of fused-ring (bicyclic) bond motifs is 1. The summed E-state index contributed by atoms with van der Waals surface area (Å²) in [5, 5.41) is 2.54. The van der Waals surface area contributed by atoms with Gasteiger partial charge in [-0.2, -0.15) is 0 Å². The molecule has 0 bridgehead atoms. The van der Waals surface area contributed by atoms with Gasteiger partial charge in [-0.15, -0.1) is 0 Å². The lowest BCUT2D eigenvalue weighted by molar-refractivity contribution is -0.105. The van der Waals surface area contributed by atoms with Gasteiger partial charge in [0.2, 0.25) is 6.41 Å². The first kappa shape index (κ1) is 21.6. The third-order valence-corrected chi connectivity index (χ3v) is 5.81. The van der Waals surface area contributed by atoms with Gasteiger partial charge in [0.15, 0.2) is 11.5 Å². The third kappa shape index (κ3) is 4.40. The Hall–Kier alpha value is -3.07. The van der Waals surface area contributed by atoms with Crippen molar-refractivity contribution in [2.45, 2.75) is 19.5 Å². The van der Waals surface area contributed by atoms with Crippen LogP contribution in [0, 0.1) is 0 Å². The van der Waals surface area contributed by atoms with Crippen LogP contribution in [0.15, 0.2) is 36.4 Å². The van der Waals surface area contributed by atoms with E-state index in [0.717, 1.165) is 11.8 Å². The van der Waals surface area contributed by atoms with Gasteiger partial charge in [0.25, 0.3) is 5.91 Å². The van der Waals surface area contributed by atoms with Crippen molar-refractivity contribution in [1.29, 1.82) is 0 Å². The number of nitrogens with zero attached hydrogens (tertiary/aromatic N) is 1. The zero-order chi connectivity index (χ0) is 21.9. The molecule has 1 heterocycles. The summed E-state index contributed by atoms with van der Waals surface area (Å²) < 4.78 is 35.3. The van der Waals surface area contributed by atoms with E-state index in [1.165, 1.54) is 12.0 Å². The number of hydrogen-bond acceptors (Lipinski definition) is 6. The second kappa shape index (κ2) is 8.74. The van der Waals surface area contributed by atoms with Crippen molar-refractivity contribution >= 4 is 27.8 Å². The number of carbonyl (C=O) groups is 2. The highest BCUT2D eigenvalue weighted by Crippen LogP contribution is 2.38. The van der Waals surface area contributed by atoms with E-state index in [0.29, 0.717) is 41.3 Å². The summed E-state index contributed by atoms with van der Waals surface area (Å²) in [5.74, 6) is 0.411. The number of anilines is 1. The number of ether oxygens (including phenoxy) is 2. The van der Waals surface area contributed by atoms with Crippen LogP contribution in [0.3, 0.4) is 0 Å². The summed E-state index contributed by atoms with van der Waals surface area (Å²) in [6.07, 6.45) is 1.65. The van der Waals surface area contributed by atoms with Crippen LogP contribution in [-0.2, 0) is 21.2 Å². The first-order chi connectivity index (χ1) is 14.3. The largest absolute Gasteiger partial charge is 0.493 e. The molecule has 1 atom stereocenters. The Labute approximate surface area is 175 Å². The fraction of sp³-hybridized carbons (Fsp3) is 0.333. The van der Waals surface area contributed by atoms with Gasteiger partial charge < -0.3 is 19.7 Å². The zero-order valence-corrected chi connectivity index (χ0v) is 17.9. The predicted molar refractivity (Wildman–Crippen MR) is 113 cm³/mol. The van der Waals surface area contributed by atoms with Crippen LogP contribution in [0.5, 0.6) is 11.5 Å². The normalized spacial score (nSPS) is 14.2. The number of methoxy groups -OCH3 is 1. The van der Waals surface area contributed by atoms with Gasteiger partial charge >= 0.3 is 0 Å². The summed E-state index contributed by atoms with van der Waals surface area (Å²) >= 11 is 0. The summed E-state index contributed by atoms with van der Waals surface area (Å²) in [6.45, 7) is 2.48. The maximum atomic E-state index is 13.2. The van der Waals surface area contributed by atoms with Crippen molar-refractivity contribution in [3.05, 3.63) is 53.1 Å². The molecule has 30 heavy (non-hydrogen) atoms. The average Bonchev–Trinajstić information content (AvgIpc) is 3.03. The summed E-state index contributed by atoms with van der Waals surface area (Å²) in [7, 11) is -1.90. The predicted octanol–water partition coefficient (Wildman–Crippen LogP) is 2.40. The smallest absolute Gasteiger partial charge is 0.257 e. The van der Waals surface area contributed by atoms with Crippen LogP contribution in [0.25, 0.3) is 0 Å². The molecule has 0 aromatic heterocycles. The second-order valence-corrected chi connectivity index (χ2v) is 9.17. The van der Waals surface area contributed by atoms with E-state index in [1.807, 2.05) is 6.92 Å². The van der Waals surface area contributed by atoms with Crippen LogP contribution in [-0.4, -0.2) is 51.4 Å². The Morgan fingerprint density at radius 2 is 2.00 bits per heavy atom. The van der Waals surface area contributed by atoms with Gasteiger partial charge in [-0.05, 0) is 36.2 Å². The number of hydrogen-bond donors (Lipinski definition) is 1. The van der Waals surface area contributed by atoms with Crippen molar-refractivity contribution in [3.8, 4) is 11.5 Å². The molecular formula is C21H24N2O6S. The molecule has 1 aliphatic rings. The van der Waals surface area contributed by atoms with Crippen LogP contribution in [0.2, 0.25) is 0 Å². The molecular weight excluding hydrogens is 408 g/mol. The van der Waals surface area contributed by atoms with E-state index in [-0.39, 0.29) is 18.2 Å². The quantitative estimate of drug-likeness (QED) is 0.611. The molecule has 2 aromatic carbocycles. The fourth-order valence-corrected chi connectivity index (χ4v) is 4.59. The SMILES string of the molecule is CCOc1cc([C@@H](CS(C)(=O)=O)N2Cc3cccc(NC=O)c3C2=O)ccc1OC. The zero-order valence-electron chi connectivity index (χ0n) is 17.0. The van der Waals surface area contributed by atoms with Crippen molar-refractivity contribution in [2.24, 2.45) is 0 Å². The highest BCUT2D eigenvalue weighted by Gasteiger charge is 2.37. The minimum absolute atomic E-state index is 0.235. The number of sulfone groups is 1. The number of carbonyl (C=O) groups excluding carboxylic acids is 2. The molecule has 8 nitrogen and oxygen atoms in total. The molecule has 1 aliphatic heterocycles. The van der Waals surface area contributed by atoms with Crippen molar-refractivity contribution in [1.82, 2.24) is 4.90 Å². The van der Waals surface area contributed by atoms with Crippen molar-refractivity contribution in [3.63, 3.8) is 0 Å². The van der Waals surface area contributed by atoms with E-state index in [9.17, 15) is 18.0 Å². The van der Waals surface area contributed by atoms with E-state index in [1.54, 1.807) is 36.4 Å². The lowest BCUT2D eigenvalue weighted by atomic mass is 10.1. The fourth-order valence-electron chi connectivity index (χ4n) is 3.64. The van der Waals surface area contributed by atoms with Crippen LogP contribution >= 0.6 is 0 Å². The van der Waals surface area contributed by atoms with Crippen LogP contribution in [0.4, 0.5) is 5.69 Å². The summed E-state index contributed by atoms with van der Waals surface area (Å²) in [6, 6.07) is 9.59. The highest BCUT2D eigenvalue weighted by atomic mass is 32.2. The molecule has 2 aromatic rings. The molecule has 2 amide bonds. The van der Waals surface area contributed by atoms with Crippen molar-refractivity contribution < 1.29 is 27.5 Å². The van der Waals surface area contributed by atoms with E-state index >= 15 is 0 Å². The van der Waals surface area contributed by atoms with Gasteiger partial charge in [-0.25, -0.2) is 8.42 Å². The number of benzene rings is 2. The highest BCUT2D eigenvalue weighted by molar-refractivity contribution is 7.90. The number of rotatable bonds is 9. The van der Waals surface area contributed by atoms with Gasteiger partial charge in [0, 0.05) is 12.8 Å². The average molecular weight is 432 g/mol. The molecule has 0 aliphatic carbocycles. The molecule has 0 unspecified atom stereocenters. The molecule has 0 saturated heterocycles. The Morgan fingerprint density at radius 1 is 1.23 bits per heavy atom. The van der Waals surface area contributed by atoms with Gasteiger partial charge in [-0.3, -0.25) is 9.59 Å². The van der Waals surface area contributed by atoms with Crippen LogP contribution < -0.4 is 14.8 Å². The monoisotopic (exact) mass is 432 g/mol. The molecule has 1 N–H and O–H groups in total. The molecule has 0 saturated carbocycles. The first-order valence-electron chi connectivity index (χ1n) is 9.40. The minimum atomic E-state index is -3.42. The Balaban J connectivity index is 2.06. The topological polar surface area (TPSA) is 102 Å². The standard InChI is InChI=1S/C21H24N2O6S/c1-4-29-19-10-14(8-9-18(19)28-2)17(12-30(3,26)27)23-11-15-6-5-7-16(22-13-24)20(15)21(23)25/h5-10,13,17H,4,11-12H2,1-3H3,(H,22,24)/t17-/m1/s1. The lowest BCUT2D eigenvalue weighted by Crippen LogP contribution is -2.33. The van der Waals surface area contributed by atoms with E-state index < -0.39 is 15.9 Å². The molecule has 0 spiro atoms. The second-order valence-electron chi connectivity index (χ2n) is 6.99. The first-order valence-corrected chi connectivity index (χ1v) is 11.5. The van der Waals surface area contributed by atoms with Gasteiger partial charge in [0.05, 0.1) is 36.8 Å². The van der Waals surface area contributed by atoms with Crippen LogP contribution in [0.1, 0.15) is 34.5 Å². The molecule has 9 heteroatoms. The number of amides is 2. The summed E-state index contributed by atoms with van der Waals surface area (Å²) in [5.41, 5.74) is 2.12. The third-order valence-electron chi connectivity index (χ3n) is 4.89. The summed E-state index contributed by atoms with van der Waals surface area (Å²) in [4.78, 5) is 25.7. The minimum Gasteiger partial charge on any atom is -0.493 e. The van der Waals surface area contributed by atoms with E-state index in [4.69, 9.17) is 9.47 Å². The maximum Gasteiger partial charge on any atom is 0.257 e. The Kier molecular flexibility index (Phi) is 6.31. The van der Waals surface area contributed by atoms with Gasteiger partial charge in [0.1, 0.15) is 9.84 Å². The lowest BCUT2D eigenvalue weighted by Gasteiger charge is -2.28. The Bertz CT molecular complexity index is 1070. The molecule has 0 radical (unpaired) electrons. The molecule has 0 fully saturated rings. The maximum absolute atomic E-state index is 13.2. The molecule has 3 rings (SSSR count). The number of nitrogens with one attached hydrogen (secondary N) is 1. The van der Waals surface area contributed by atoms with E-state index in [2.05, 4.69) is 5.32 Å².